The number of benzene rings is 1. The SMILES string of the molecule is Cc1c(Cl)ccc2[nH]c(CCN)nc12. The molecule has 1 aromatic heterocycles. The van der Waals surface area contributed by atoms with Crippen LogP contribution in [0.4, 0.5) is 0 Å². The lowest BCUT2D eigenvalue weighted by atomic mass is 10.2. The molecule has 0 amide bonds. The molecule has 14 heavy (non-hydrogen) atoms. The molecule has 0 aliphatic heterocycles. The first-order valence-electron chi connectivity index (χ1n) is 4.56. The van der Waals surface area contributed by atoms with Gasteiger partial charge in [-0.3, -0.25) is 0 Å². The van der Waals surface area contributed by atoms with Crippen LogP contribution in [0.5, 0.6) is 0 Å². The van der Waals surface area contributed by atoms with E-state index in [1.807, 2.05) is 19.1 Å². The van der Waals surface area contributed by atoms with Gasteiger partial charge in [0.2, 0.25) is 0 Å². The van der Waals surface area contributed by atoms with E-state index in [1.54, 1.807) is 0 Å². The summed E-state index contributed by atoms with van der Waals surface area (Å²) in [6, 6.07) is 3.82. The normalized spacial score (nSPS) is 11.1. The molecule has 3 nitrogen and oxygen atoms in total. The fraction of sp³-hybridized carbons (Fsp3) is 0.300. The molecule has 74 valence electrons. The second-order valence-electron chi connectivity index (χ2n) is 3.29. The number of hydrogen-bond donors (Lipinski definition) is 2. The summed E-state index contributed by atoms with van der Waals surface area (Å²) in [6.45, 7) is 2.57. The van der Waals surface area contributed by atoms with Crippen molar-refractivity contribution in [2.45, 2.75) is 13.3 Å². The topological polar surface area (TPSA) is 54.7 Å². The van der Waals surface area contributed by atoms with Crippen LogP contribution in [0.25, 0.3) is 11.0 Å². The molecule has 0 saturated carbocycles. The van der Waals surface area contributed by atoms with Crippen molar-refractivity contribution in [3.8, 4) is 0 Å². The first kappa shape index (κ1) is 9.49. The van der Waals surface area contributed by atoms with Crippen LogP contribution in [0.1, 0.15) is 11.4 Å². The lowest BCUT2D eigenvalue weighted by molar-refractivity contribution is 0.900. The van der Waals surface area contributed by atoms with Crippen molar-refractivity contribution in [2.24, 2.45) is 5.73 Å². The van der Waals surface area contributed by atoms with E-state index in [4.69, 9.17) is 17.3 Å². The molecule has 3 N–H and O–H groups in total. The van der Waals surface area contributed by atoms with E-state index in [0.29, 0.717) is 6.54 Å². The van der Waals surface area contributed by atoms with Gasteiger partial charge in [0.15, 0.2) is 0 Å². The van der Waals surface area contributed by atoms with E-state index in [9.17, 15) is 0 Å². The number of rotatable bonds is 2. The summed E-state index contributed by atoms with van der Waals surface area (Å²) in [7, 11) is 0. The number of H-pyrrole nitrogens is 1. The van der Waals surface area contributed by atoms with Crippen LogP contribution in [-0.2, 0) is 6.42 Å². The summed E-state index contributed by atoms with van der Waals surface area (Å²) in [5.74, 6) is 0.924. The zero-order valence-electron chi connectivity index (χ0n) is 7.97. The van der Waals surface area contributed by atoms with Gasteiger partial charge in [0.25, 0.3) is 0 Å². The zero-order chi connectivity index (χ0) is 10.1. The fourth-order valence-electron chi connectivity index (χ4n) is 1.49. The van der Waals surface area contributed by atoms with Crippen molar-refractivity contribution >= 4 is 22.6 Å². The fourth-order valence-corrected chi connectivity index (χ4v) is 1.65. The maximum atomic E-state index is 6.00. The Morgan fingerprint density at radius 1 is 1.50 bits per heavy atom. The Hall–Kier alpha value is -1.06. The lowest BCUT2D eigenvalue weighted by Gasteiger charge is -1.96. The Morgan fingerprint density at radius 3 is 3.00 bits per heavy atom. The van der Waals surface area contributed by atoms with E-state index < -0.39 is 0 Å². The maximum absolute atomic E-state index is 6.00. The smallest absolute Gasteiger partial charge is 0.108 e. The van der Waals surface area contributed by atoms with Crippen LogP contribution in [0, 0.1) is 6.92 Å². The van der Waals surface area contributed by atoms with Gasteiger partial charge < -0.3 is 10.7 Å². The highest BCUT2D eigenvalue weighted by Crippen LogP contribution is 2.23. The van der Waals surface area contributed by atoms with Crippen molar-refractivity contribution in [3.63, 3.8) is 0 Å². The molecule has 1 heterocycles. The number of nitrogens with zero attached hydrogens (tertiary/aromatic N) is 1. The number of aryl methyl sites for hydroxylation is 1. The van der Waals surface area contributed by atoms with Gasteiger partial charge in [-0.15, -0.1) is 0 Å². The number of aromatic amines is 1. The summed E-state index contributed by atoms with van der Waals surface area (Å²) in [6.07, 6.45) is 0.770. The molecule has 0 spiro atoms. The molecule has 2 rings (SSSR count). The Kier molecular flexibility index (Phi) is 2.44. The minimum atomic E-state index is 0.604. The van der Waals surface area contributed by atoms with E-state index in [1.165, 1.54) is 0 Å². The van der Waals surface area contributed by atoms with Gasteiger partial charge in [0, 0.05) is 11.4 Å². The Morgan fingerprint density at radius 2 is 2.29 bits per heavy atom. The van der Waals surface area contributed by atoms with Gasteiger partial charge >= 0.3 is 0 Å². The average molecular weight is 210 g/mol. The van der Waals surface area contributed by atoms with Crippen molar-refractivity contribution in [2.75, 3.05) is 6.54 Å². The molecule has 2 aromatic rings. The molecule has 0 atom stereocenters. The quantitative estimate of drug-likeness (QED) is 0.795. The standard InChI is InChI=1S/C10H12ClN3/c1-6-7(11)2-3-8-10(6)14-9(13-8)4-5-12/h2-3H,4-5,12H2,1H3,(H,13,14). The molecule has 0 radical (unpaired) electrons. The molecule has 0 unspecified atom stereocenters. The molecule has 0 bridgehead atoms. The predicted molar refractivity (Wildman–Crippen MR) is 58.6 cm³/mol. The number of aromatic nitrogens is 2. The van der Waals surface area contributed by atoms with Crippen LogP contribution < -0.4 is 5.73 Å². The third-order valence-electron chi connectivity index (χ3n) is 2.27. The van der Waals surface area contributed by atoms with Crippen molar-refractivity contribution < 1.29 is 0 Å². The maximum Gasteiger partial charge on any atom is 0.108 e. The van der Waals surface area contributed by atoms with Crippen LogP contribution in [0.3, 0.4) is 0 Å². The third-order valence-corrected chi connectivity index (χ3v) is 2.68. The van der Waals surface area contributed by atoms with Gasteiger partial charge in [-0.05, 0) is 31.2 Å². The molecule has 1 aromatic carbocycles. The van der Waals surface area contributed by atoms with Crippen molar-refractivity contribution in [3.05, 3.63) is 28.5 Å². The zero-order valence-corrected chi connectivity index (χ0v) is 8.73. The summed E-state index contributed by atoms with van der Waals surface area (Å²) < 4.78 is 0. The van der Waals surface area contributed by atoms with E-state index in [0.717, 1.165) is 33.9 Å². The number of halogens is 1. The highest BCUT2D eigenvalue weighted by molar-refractivity contribution is 6.32. The number of imidazole rings is 1. The lowest BCUT2D eigenvalue weighted by Crippen LogP contribution is -2.03. The minimum Gasteiger partial charge on any atom is -0.342 e. The molecule has 4 heteroatoms. The van der Waals surface area contributed by atoms with Crippen molar-refractivity contribution in [1.29, 1.82) is 0 Å². The second-order valence-corrected chi connectivity index (χ2v) is 3.70. The van der Waals surface area contributed by atoms with Gasteiger partial charge in [0.1, 0.15) is 5.82 Å². The highest BCUT2D eigenvalue weighted by Gasteiger charge is 2.06. The van der Waals surface area contributed by atoms with Crippen LogP contribution >= 0.6 is 11.6 Å². The molecular formula is C10H12ClN3. The number of nitrogens with two attached hydrogens (primary N) is 1. The molecule has 0 fully saturated rings. The summed E-state index contributed by atoms with van der Waals surface area (Å²) >= 11 is 6.00. The van der Waals surface area contributed by atoms with Crippen molar-refractivity contribution in [1.82, 2.24) is 9.97 Å². The molecule has 0 aliphatic carbocycles. The van der Waals surface area contributed by atoms with E-state index in [-0.39, 0.29) is 0 Å². The number of hydrogen-bond acceptors (Lipinski definition) is 2. The molecule has 0 aliphatic rings. The van der Waals surface area contributed by atoms with E-state index in [2.05, 4.69) is 9.97 Å². The average Bonchev–Trinajstić information content (AvgIpc) is 2.56. The van der Waals surface area contributed by atoms with Gasteiger partial charge in [-0.2, -0.15) is 0 Å². The minimum absolute atomic E-state index is 0.604. The summed E-state index contributed by atoms with van der Waals surface area (Å²) in [5, 5.41) is 0.753. The Balaban J connectivity index is 2.59. The molecule has 0 saturated heterocycles. The highest BCUT2D eigenvalue weighted by atomic mass is 35.5. The first-order chi connectivity index (χ1) is 6.72. The second kappa shape index (κ2) is 3.59. The third kappa shape index (κ3) is 1.49. The van der Waals surface area contributed by atoms with Crippen LogP contribution in [0.15, 0.2) is 12.1 Å². The van der Waals surface area contributed by atoms with E-state index >= 15 is 0 Å². The number of nitrogens with one attached hydrogen (secondary N) is 1. The summed E-state index contributed by atoms with van der Waals surface area (Å²) in [5.41, 5.74) is 8.45. The van der Waals surface area contributed by atoms with Gasteiger partial charge in [0.05, 0.1) is 11.0 Å². The predicted octanol–water partition coefficient (Wildman–Crippen LogP) is 2.03. The Labute approximate surface area is 87.3 Å². The largest absolute Gasteiger partial charge is 0.342 e. The van der Waals surface area contributed by atoms with Gasteiger partial charge in [-0.25, -0.2) is 4.98 Å². The monoisotopic (exact) mass is 209 g/mol. The first-order valence-corrected chi connectivity index (χ1v) is 4.94. The summed E-state index contributed by atoms with van der Waals surface area (Å²) in [4.78, 5) is 7.66. The van der Waals surface area contributed by atoms with Crippen LogP contribution in [-0.4, -0.2) is 16.5 Å². The van der Waals surface area contributed by atoms with Crippen LogP contribution in [0.2, 0.25) is 5.02 Å². The Bertz CT molecular complexity index is 462. The number of fused-ring (bicyclic) bond motifs is 1. The van der Waals surface area contributed by atoms with Gasteiger partial charge in [-0.1, -0.05) is 11.6 Å². The molecular weight excluding hydrogens is 198 g/mol.